The lowest BCUT2D eigenvalue weighted by molar-refractivity contribution is -0.188. The zero-order chi connectivity index (χ0) is 16.7. The first kappa shape index (κ1) is 14.5. The van der Waals surface area contributed by atoms with Crippen LogP contribution >= 0.6 is 0 Å². The van der Waals surface area contributed by atoms with Gasteiger partial charge in [0.2, 0.25) is 11.8 Å². The third kappa shape index (κ3) is 2.15. The van der Waals surface area contributed by atoms with Crippen molar-refractivity contribution in [1.29, 1.82) is 0 Å². The maximum atomic E-state index is 10.1. The van der Waals surface area contributed by atoms with Gasteiger partial charge in [0.25, 0.3) is 0 Å². The molecule has 1 saturated heterocycles. The Labute approximate surface area is 134 Å². The number of hydrogen-bond donors (Lipinski definition) is 2. The van der Waals surface area contributed by atoms with Crippen LogP contribution in [-0.2, 0) is 4.74 Å². The Morgan fingerprint density at radius 1 is 1.50 bits per heavy atom. The fourth-order valence-corrected chi connectivity index (χ4v) is 2.86. The first-order valence-corrected chi connectivity index (χ1v) is 7.10. The summed E-state index contributed by atoms with van der Waals surface area (Å²) < 4.78 is 12.4. The van der Waals surface area contributed by atoms with E-state index >= 15 is 0 Å². The molecule has 2 atom stereocenters. The van der Waals surface area contributed by atoms with Crippen molar-refractivity contribution in [3.63, 3.8) is 0 Å². The first-order chi connectivity index (χ1) is 11.6. The molecular weight excluding hydrogens is 316 g/mol. The van der Waals surface area contributed by atoms with Crippen LogP contribution in [0.3, 0.4) is 0 Å². The highest BCUT2D eigenvalue weighted by Crippen LogP contribution is 2.41. The lowest BCUT2D eigenvalue weighted by Gasteiger charge is -2.16. The van der Waals surface area contributed by atoms with Crippen LogP contribution in [0.5, 0.6) is 0 Å². The molecule has 0 amide bonds. The largest absolute Gasteiger partial charge is 0.444 e. The average molecular weight is 328 g/mol. The summed E-state index contributed by atoms with van der Waals surface area (Å²) in [5.74, 6) is -1.25. The Morgan fingerprint density at radius 3 is 3.12 bits per heavy atom. The number of azide groups is 1. The van der Waals surface area contributed by atoms with Crippen LogP contribution in [0.25, 0.3) is 27.4 Å². The number of nitrogen functional groups attached to an aromatic ring is 1. The lowest BCUT2D eigenvalue weighted by Crippen LogP contribution is -2.23. The standard InChI is InChI=1S/C13H12N8O3/c14-11-10-7(12-16-3-4-23-12)5-8(21(10)18-6-17-11)9-1-2-13(22,24-9)19-20-15/h3-6,9,22H,1-2H2,(H2,14,17,18)/t9-,13-/m1/s1. The van der Waals surface area contributed by atoms with Crippen LogP contribution in [0.15, 0.2) is 34.4 Å². The Kier molecular flexibility index (Phi) is 3.13. The number of anilines is 1. The molecule has 0 unspecified atom stereocenters. The summed E-state index contributed by atoms with van der Waals surface area (Å²) in [4.78, 5) is 10.7. The Balaban J connectivity index is 1.86. The number of nitrogens with zero attached hydrogens (tertiary/aromatic N) is 7. The quantitative estimate of drug-likeness (QED) is 0.420. The van der Waals surface area contributed by atoms with Crippen LogP contribution in [0.2, 0.25) is 0 Å². The van der Waals surface area contributed by atoms with Crippen molar-refractivity contribution < 1.29 is 14.3 Å². The third-order valence-corrected chi connectivity index (χ3v) is 3.87. The normalized spacial score (nSPS) is 23.5. The molecule has 0 radical (unpaired) electrons. The monoisotopic (exact) mass is 328 g/mol. The van der Waals surface area contributed by atoms with E-state index in [2.05, 4.69) is 25.1 Å². The lowest BCUT2D eigenvalue weighted by atomic mass is 10.1. The maximum absolute atomic E-state index is 10.1. The number of ether oxygens (including phenoxy) is 1. The molecular formula is C13H12N8O3. The van der Waals surface area contributed by atoms with E-state index in [0.717, 1.165) is 0 Å². The molecule has 1 aliphatic rings. The van der Waals surface area contributed by atoms with Crippen molar-refractivity contribution in [1.82, 2.24) is 19.6 Å². The molecule has 3 aromatic heterocycles. The Morgan fingerprint density at radius 2 is 2.38 bits per heavy atom. The number of oxazole rings is 1. The van der Waals surface area contributed by atoms with Crippen molar-refractivity contribution in [3.8, 4) is 11.5 Å². The van der Waals surface area contributed by atoms with Crippen LogP contribution in [0.1, 0.15) is 24.6 Å². The van der Waals surface area contributed by atoms with E-state index in [1.165, 1.54) is 18.8 Å². The van der Waals surface area contributed by atoms with Gasteiger partial charge in [-0.3, -0.25) is 0 Å². The Bertz CT molecular complexity index is 946. The highest BCUT2D eigenvalue weighted by Gasteiger charge is 2.40. The smallest absolute Gasteiger partial charge is 0.247 e. The number of nitrogens with two attached hydrogens (primary N) is 1. The Hall–Kier alpha value is -3.14. The van der Waals surface area contributed by atoms with Gasteiger partial charge >= 0.3 is 0 Å². The molecule has 11 nitrogen and oxygen atoms in total. The molecule has 24 heavy (non-hydrogen) atoms. The summed E-state index contributed by atoms with van der Waals surface area (Å²) in [5, 5.41) is 17.6. The fraction of sp³-hybridized carbons (Fsp3) is 0.308. The minimum atomic E-state index is -1.87. The summed E-state index contributed by atoms with van der Waals surface area (Å²) in [6, 6.07) is 1.76. The van der Waals surface area contributed by atoms with Gasteiger partial charge in [-0.25, -0.2) is 14.5 Å². The highest BCUT2D eigenvalue weighted by molar-refractivity contribution is 5.85. The molecule has 1 fully saturated rings. The number of hydrogen-bond acceptors (Lipinski definition) is 8. The van der Waals surface area contributed by atoms with Gasteiger partial charge in [-0.15, -0.1) is 0 Å². The van der Waals surface area contributed by atoms with E-state index in [4.69, 9.17) is 20.4 Å². The number of rotatable bonds is 3. The van der Waals surface area contributed by atoms with Crippen LogP contribution < -0.4 is 5.73 Å². The van der Waals surface area contributed by atoms with E-state index in [1.807, 2.05) is 0 Å². The predicted molar refractivity (Wildman–Crippen MR) is 80.1 cm³/mol. The summed E-state index contributed by atoms with van der Waals surface area (Å²) in [6.45, 7) is 0. The number of aromatic nitrogens is 4. The molecule has 122 valence electrons. The zero-order valence-electron chi connectivity index (χ0n) is 12.3. The molecule has 0 saturated carbocycles. The van der Waals surface area contributed by atoms with Gasteiger partial charge in [-0.1, -0.05) is 0 Å². The molecule has 3 N–H and O–H groups in total. The van der Waals surface area contributed by atoms with Crippen LogP contribution in [-0.4, -0.2) is 30.6 Å². The minimum absolute atomic E-state index is 0.170. The van der Waals surface area contributed by atoms with Gasteiger partial charge in [0, 0.05) is 11.3 Å². The molecule has 0 bridgehead atoms. The average Bonchev–Trinajstić information content (AvgIpc) is 3.25. The topological polar surface area (TPSA) is 160 Å². The molecule has 1 aliphatic heterocycles. The van der Waals surface area contributed by atoms with Crippen molar-refractivity contribution in [2.24, 2.45) is 5.11 Å². The molecule has 11 heteroatoms. The SMILES string of the molecule is [N-]=[N+]=N[C@@]1(O)CC[C@H](c2cc(-c3ncco3)c3c(N)ncnn23)O1. The highest BCUT2D eigenvalue weighted by atomic mass is 16.7. The van der Waals surface area contributed by atoms with Gasteiger partial charge in [0.05, 0.1) is 17.5 Å². The number of fused-ring (bicyclic) bond motifs is 1. The number of aliphatic hydroxyl groups is 1. The van der Waals surface area contributed by atoms with Gasteiger partial charge < -0.3 is 20.0 Å². The second-order valence-corrected chi connectivity index (χ2v) is 5.30. The third-order valence-electron chi connectivity index (χ3n) is 3.87. The van der Waals surface area contributed by atoms with E-state index < -0.39 is 12.0 Å². The zero-order valence-corrected chi connectivity index (χ0v) is 12.3. The molecule has 0 aromatic carbocycles. The first-order valence-electron chi connectivity index (χ1n) is 7.10. The van der Waals surface area contributed by atoms with Crippen LogP contribution in [0, 0.1) is 0 Å². The van der Waals surface area contributed by atoms with E-state index in [9.17, 15) is 5.11 Å². The van der Waals surface area contributed by atoms with E-state index in [-0.39, 0.29) is 12.2 Å². The van der Waals surface area contributed by atoms with E-state index in [0.29, 0.717) is 29.1 Å². The maximum Gasteiger partial charge on any atom is 0.247 e. The predicted octanol–water partition coefficient (Wildman–Crippen LogP) is 1.77. The van der Waals surface area contributed by atoms with Crippen LogP contribution in [0.4, 0.5) is 5.82 Å². The molecule has 0 spiro atoms. The molecule has 0 aliphatic carbocycles. The minimum Gasteiger partial charge on any atom is -0.444 e. The van der Waals surface area contributed by atoms with E-state index in [1.54, 1.807) is 10.6 Å². The van der Waals surface area contributed by atoms with Gasteiger partial charge in [-0.2, -0.15) is 5.10 Å². The van der Waals surface area contributed by atoms with Gasteiger partial charge in [0.15, 0.2) is 5.82 Å². The van der Waals surface area contributed by atoms with Crippen molar-refractivity contribution >= 4 is 11.3 Å². The second-order valence-electron chi connectivity index (χ2n) is 5.30. The summed E-state index contributed by atoms with van der Waals surface area (Å²) in [6.07, 6.45) is 4.36. The molecule has 3 aromatic rings. The van der Waals surface area contributed by atoms with Gasteiger partial charge in [0.1, 0.15) is 24.2 Å². The van der Waals surface area contributed by atoms with Crippen molar-refractivity contribution in [2.45, 2.75) is 24.9 Å². The van der Waals surface area contributed by atoms with Gasteiger partial charge in [-0.05, 0) is 23.1 Å². The summed E-state index contributed by atoms with van der Waals surface area (Å²) in [5.41, 5.74) is 16.3. The van der Waals surface area contributed by atoms with Crippen molar-refractivity contribution in [3.05, 3.63) is 41.0 Å². The van der Waals surface area contributed by atoms with Crippen molar-refractivity contribution in [2.75, 3.05) is 5.73 Å². The molecule has 4 heterocycles. The fourth-order valence-electron chi connectivity index (χ4n) is 2.86. The second kappa shape index (κ2) is 5.20. The summed E-state index contributed by atoms with van der Waals surface area (Å²) >= 11 is 0. The summed E-state index contributed by atoms with van der Waals surface area (Å²) in [7, 11) is 0. The molecule has 4 rings (SSSR count).